The summed E-state index contributed by atoms with van der Waals surface area (Å²) in [5, 5.41) is -0.586. The Hall–Kier alpha value is -1.07. The van der Waals surface area contributed by atoms with Gasteiger partial charge in [-0.15, -0.1) is 6.58 Å². The topological polar surface area (TPSA) is 26.0 Å². The fraction of sp³-hybridized carbons (Fsp3) is 0.333. The van der Waals surface area contributed by atoms with Crippen molar-refractivity contribution in [3.05, 3.63) is 46.3 Å². The van der Waals surface area contributed by atoms with Crippen molar-refractivity contribution in [3.63, 3.8) is 0 Å². The van der Waals surface area contributed by atoms with Gasteiger partial charge in [-0.3, -0.25) is 0 Å². The zero-order valence-electron chi connectivity index (χ0n) is 9.61. The van der Waals surface area contributed by atoms with E-state index >= 15 is 0 Å². The standard InChI is InChI=1S/C12H12ClF4N/c1-6(2)3-10(18)8-4-7(12(15,16)17)5-9(13)11(8)14/h4-5,10H,1,3,18H2,2H3/t10-/m0/s1. The molecule has 0 radical (unpaired) electrons. The lowest BCUT2D eigenvalue weighted by Gasteiger charge is -2.16. The maximum Gasteiger partial charge on any atom is 0.416 e. The van der Waals surface area contributed by atoms with Gasteiger partial charge in [0.1, 0.15) is 5.82 Å². The average Bonchev–Trinajstić information content (AvgIpc) is 2.18. The molecule has 0 unspecified atom stereocenters. The molecule has 0 amide bonds. The normalized spacial score (nSPS) is 13.5. The SMILES string of the molecule is C=C(C)C[C@H](N)c1cc(C(F)(F)F)cc(Cl)c1F. The van der Waals surface area contributed by atoms with Crippen LogP contribution in [-0.2, 0) is 6.18 Å². The smallest absolute Gasteiger partial charge is 0.324 e. The summed E-state index contributed by atoms with van der Waals surface area (Å²) in [7, 11) is 0. The molecule has 0 bridgehead atoms. The maximum absolute atomic E-state index is 13.7. The van der Waals surface area contributed by atoms with E-state index in [-0.39, 0.29) is 12.0 Å². The lowest BCUT2D eigenvalue weighted by molar-refractivity contribution is -0.137. The van der Waals surface area contributed by atoms with Gasteiger partial charge in [-0.25, -0.2) is 4.39 Å². The molecule has 0 spiro atoms. The Morgan fingerprint density at radius 2 is 2.00 bits per heavy atom. The highest BCUT2D eigenvalue weighted by atomic mass is 35.5. The second kappa shape index (κ2) is 5.28. The summed E-state index contributed by atoms with van der Waals surface area (Å²) in [5.41, 5.74) is 5.03. The van der Waals surface area contributed by atoms with Crippen LogP contribution in [0.15, 0.2) is 24.3 Å². The molecule has 100 valence electrons. The molecule has 0 aliphatic rings. The van der Waals surface area contributed by atoms with Gasteiger partial charge in [0.25, 0.3) is 0 Å². The molecule has 1 nitrogen and oxygen atoms in total. The van der Waals surface area contributed by atoms with E-state index in [1.165, 1.54) is 0 Å². The van der Waals surface area contributed by atoms with Crippen molar-refractivity contribution >= 4 is 11.6 Å². The monoisotopic (exact) mass is 281 g/mol. The van der Waals surface area contributed by atoms with Crippen molar-refractivity contribution in [2.45, 2.75) is 25.6 Å². The highest BCUT2D eigenvalue weighted by Gasteiger charge is 2.32. The first-order chi connectivity index (χ1) is 8.12. The number of hydrogen-bond donors (Lipinski definition) is 1. The van der Waals surface area contributed by atoms with Crippen LogP contribution >= 0.6 is 11.6 Å². The third kappa shape index (κ3) is 3.46. The van der Waals surface area contributed by atoms with Crippen LogP contribution in [0.4, 0.5) is 17.6 Å². The van der Waals surface area contributed by atoms with E-state index in [2.05, 4.69) is 6.58 Å². The number of nitrogens with two attached hydrogens (primary N) is 1. The molecular formula is C12H12ClF4N. The highest BCUT2D eigenvalue weighted by molar-refractivity contribution is 6.30. The lowest BCUT2D eigenvalue weighted by atomic mass is 9.98. The molecule has 0 saturated carbocycles. The van der Waals surface area contributed by atoms with Gasteiger partial charge in [-0.1, -0.05) is 17.2 Å². The minimum atomic E-state index is -4.59. The number of alkyl halides is 3. The van der Waals surface area contributed by atoms with Crippen molar-refractivity contribution in [1.82, 2.24) is 0 Å². The number of rotatable bonds is 3. The van der Waals surface area contributed by atoms with E-state index in [4.69, 9.17) is 17.3 Å². The Kier molecular flexibility index (Phi) is 4.40. The summed E-state index contributed by atoms with van der Waals surface area (Å²) < 4.78 is 51.4. The summed E-state index contributed by atoms with van der Waals surface area (Å²) >= 11 is 5.45. The summed E-state index contributed by atoms with van der Waals surface area (Å²) in [6.07, 6.45) is -4.40. The molecule has 0 heterocycles. The fourth-order valence-corrected chi connectivity index (χ4v) is 1.76. The molecule has 0 aromatic heterocycles. The second-order valence-electron chi connectivity index (χ2n) is 4.13. The van der Waals surface area contributed by atoms with E-state index in [0.717, 1.165) is 0 Å². The van der Waals surface area contributed by atoms with E-state index < -0.39 is 28.6 Å². The molecule has 1 aromatic rings. The van der Waals surface area contributed by atoms with Crippen molar-refractivity contribution in [2.24, 2.45) is 5.73 Å². The van der Waals surface area contributed by atoms with E-state index in [9.17, 15) is 17.6 Å². The number of halogens is 5. The molecular weight excluding hydrogens is 270 g/mol. The molecule has 0 fully saturated rings. The molecule has 6 heteroatoms. The van der Waals surface area contributed by atoms with Crippen LogP contribution in [0.3, 0.4) is 0 Å². The van der Waals surface area contributed by atoms with Gasteiger partial charge in [0.05, 0.1) is 10.6 Å². The zero-order valence-corrected chi connectivity index (χ0v) is 10.4. The van der Waals surface area contributed by atoms with Crippen LogP contribution in [0.5, 0.6) is 0 Å². The minimum Gasteiger partial charge on any atom is -0.324 e. The maximum atomic E-state index is 13.7. The molecule has 1 rings (SSSR count). The summed E-state index contributed by atoms with van der Waals surface area (Å²) in [6, 6.07) is 0.338. The average molecular weight is 282 g/mol. The minimum absolute atomic E-state index is 0.189. The van der Waals surface area contributed by atoms with Crippen molar-refractivity contribution < 1.29 is 17.6 Å². The van der Waals surface area contributed by atoms with E-state index in [1.54, 1.807) is 6.92 Å². The summed E-state index contributed by atoms with van der Waals surface area (Å²) in [4.78, 5) is 0. The van der Waals surface area contributed by atoms with Crippen LogP contribution in [-0.4, -0.2) is 0 Å². The molecule has 0 aliphatic carbocycles. The van der Waals surface area contributed by atoms with Gasteiger partial charge in [-0.2, -0.15) is 13.2 Å². The molecule has 1 atom stereocenters. The van der Waals surface area contributed by atoms with Crippen molar-refractivity contribution in [3.8, 4) is 0 Å². The van der Waals surface area contributed by atoms with Crippen LogP contribution in [0.2, 0.25) is 5.02 Å². The Labute approximate surface area is 107 Å². The van der Waals surface area contributed by atoms with Gasteiger partial charge in [0.15, 0.2) is 0 Å². The molecule has 0 saturated heterocycles. The van der Waals surface area contributed by atoms with Crippen LogP contribution in [0, 0.1) is 5.82 Å². The van der Waals surface area contributed by atoms with Crippen molar-refractivity contribution in [2.75, 3.05) is 0 Å². The lowest BCUT2D eigenvalue weighted by Crippen LogP contribution is -2.15. The zero-order chi connectivity index (χ0) is 14.1. The van der Waals surface area contributed by atoms with Crippen LogP contribution in [0.25, 0.3) is 0 Å². The van der Waals surface area contributed by atoms with E-state index in [1.807, 2.05) is 0 Å². The van der Waals surface area contributed by atoms with Gasteiger partial charge in [-0.05, 0) is 25.5 Å². The Balaban J connectivity index is 3.26. The highest BCUT2D eigenvalue weighted by Crippen LogP contribution is 2.35. The summed E-state index contributed by atoms with van der Waals surface area (Å²) in [6.45, 7) is 5.25. The first-order valence-electron chi connectivity index (χ1n) is 5.09. The third-order valence-corrected chi connectivity index (χ3v) is 2.63. The Morgan fingerprint density at radius 1 is 1.44 bits per heavy atom. The Bertz CT molecular complexity index is 468. The summed E-state index contributed by atoms with van der Waals surface area (Å²) in [5.74, 6) is -0.918. The predicted octanol–water partition coefficient (Wildman–Crippen LogP) is 4.46. The number of benzene rings is 1. The first kappa shape index (κ1) is 15.0. The first-order valence-corrected chi connectivity index (χ1v) is 5.46. The third-order valence-electron chi connectivity index (χ3n) is 2.35. The molecule has 2 N–H and O–H groups in total. The fourth-order valence-electron chi connectivity index (χ4n) is 1.53. The van der Waals surface area contributed by atoms with Crippen LogP contribution < -0.4 is 5.73 Å². The van der Waals surface area contributed by atoms with Crippen LogP contribution in [0.1, 0.15) is 30.5 Å². The Morgan fingerprint density at radius 3 is 2.44 bits per heavy atom. The molecule has 0 aliphatic heterocycles. The van der Waals surface area contributed by atoms with Crippen molar-refractivity contribution in [1.29, 1.82) is 0 Å². The van der Waals surface area contributed by atoms with Gasteiger partial charge in [0.2, 0.25) is 0 Å². The molecule has 1 aromatic carbocycles. The van der Waals surface area contributed by atoms with Gasteiger partial charge >= 0.3 is 6.18 Å². The molecule has 18 heavy (non-hydrogen) atoms. The van der Waals surface area contributed by atoms with E-state index in [0.29, 0.717) is 17.7 Å². The number of hydrogen-bond acceptors (Lipinski definition) is 1. The largest absolute Gasteiger partial charge is 0.416 e. The predicted molar refractivity (Wildman–Crippen MR) is 62.8 cm³/mol. The van der Waals surface area contributed by atoms with Gasteiger partial charge in [0, 0.05) is 11.6 Å². The van der Waals surface area contributed by atoms with Gasteiger partial charge < -0.3 is 5.73 Å². The quantitative estimate of drug-likeness (QED) is 0.642. The second-order valence-corrected chi connectivity index (χ2v) is 4.53.